The molecule has 0 atom stereocenters. The van der Waals surface area contributed by atoms with Crippen molar-refractivity contribution >= 4 is 31.6 Å². The molecular weight excluding hydrogens is 318 g/mol. The highest BCUT2D eigenvalue weighted by Crippen LogP contribution is 2.12. The van der Waals surface area contributed by atoms with Gasteiger partial charge in [0.2, 0.25) is 0 Å². The van der Waals surface area contributed by atoms with Gasteiger partial charge in [0.25, 0.3) is 0 Å². The van der Waals surface area contributed by atoms with Crippen LogP contribution < -0.4 is 5.32 Å². The Labute approximate surface area is 116 Å². The summed E-state index contributed by atoms with van der Waals surface area (Å²) < 4.78 is 23.5. The first-order valence-corrected chi connectivity index (χ1v) is 8.45. The van der Waals surface area contributed by atoms with Gasteiger partial charge in [-0.05, 0) is 12.1 Å². The van der Waals surface area contributed by atoms with Crippen LogP contribution in [0.3, 0.4) is 0 Å². The molecule has 1 aromatic rings. The molecule has 0 aliphatic carbocycles. The molecule has 7 heteroatoms. The fourth-order valence-electron chi connectivity index (χ4n) is 1.82. The second-order valence-electron chi connectivity index (χ2n) is 4.28. The summed E-state index contributed by atoms with van der Waals surface area (Å²) in [6, 6.07) is 3.79. The third kappa shape index (κ3) is 4.22. The van der Waals surface area contributed by atoms with Crippen LogP contribution in [-0.2, 0) is 9.84 Å². The van der Waals surface area contributed by atoms with E-state index in [1.165, 1.54) is 0 Å². The zero-order valence-electron chi connectivity index (χ0n) is 9.97. The van der Waals surface area contributed by atoms with Gasteiger partial charge in [-0.25, -0.2) is 13.4 Å². The van der Waals surface area contributed by atoms with Crippen LogP contribution in [0.5, 0.6) is 0 Å². The predicted molar refractivity (Wildman–Crippen MR) is 75.5 cm³/mol. The second kappa shape index (κ2) is 5.99. The van der Waals surface area contributed by atoms with E-state index in [2.05, 4.69) is 31.1 Å². The maximum absolute atomic E-state index is 11.3. The lowest BCUT2D eigenvalue weighted by molar-refractivity contribution is 0.307. The van der Waals surface area contributed by atoms with Crippen molar-refractivity contribution in [3.8, 4) is 0 Å². The van der Waals surface area contributed by atoms with Crippen molar-refractivity contribution in [2.24, 2.45) is 0 Å². The summed E-state index contributed by atoms with van der Waals surface area (Å²) in [6.07, 6.45) is 1.74. The molecule has 0 aromatic carbocycles. The molecule has 0 unspecified atom stereocenters. The zero-order chi connectivity index (χ0) is 13.0. The summed E-state index contributed by atoms with van der Waals surface area (Å²) in [6.45, 7) is 2.87. The predicted octanol–water partition coefficient (Wildman–Crippen LogP) is 0.986. The molecule has 1 saturated heterocycles. The van der Waals surface area contributed by atoms with Crippen LogP contribution in [0.25, 0.3) is 0 Å². The summed E-state index contributed by atoms with van der Waals surface area (Å²) in [5.74, 6) is 1.39. The molecule has 0 amide bonds. The van der Waals surface area contributed by atoms with Crippen LogP contribution in [0.1, 0.15) is 0 Å². The van der Waals surface area contributed by atoms with E-state index in [1.54, 1.807) is 6.20 Å². The number of aromatic nitrogens is 1. The van der Waals surface area contributed by atoms with Crippen LogP contribution in [-0.4, -0.2) is 56.0 Å². The van der Waals surface area contributed by atoms with Crippen molar-refractivity contribution in [3.63, 3.8) is 0 Å². The smallest absolute Gasteiger partial charge is 0.152 e. The Bertz CT molecular complexity index is 493. The number of hydrogen-bond acceptors (Lipinski definition) is 5. The number of sulfone groups is 1. The van der Waals surface area contributed by atoms with Crippen LogP contribution in [0, 0.1) is 0 Å². The van der Waals surface area contributed by atoms with E-state index in [0.717, 1.165) is 23.4 Å². The maximum atomic E-state index is 11.3. The topological polar surface area (TPSA) is 62.3 Å². The first-order valence-electron chi connectivity index (χ1n) is 5.83. The molecule has 2 heterocycles. The van der Waals surface area contributed by atoms with E-state index in [0.29, 0.717) is 13.1 Å². The van der Waals surface area contributed by atoms with Gasteiger partial charge in [0.1, 0.15) is 5.82 Å². The Kier molecular flexibility index (Phi) is 4.58. The quantitative estimate of drug-likeness (QED) is 0.890. The SMILES string of the molecule is O=S1(=O)CCN(CCNc2cc(Br)ccn2)CC1. The highest BCUT2D eigenvalue weighted by atomic mass is 79.9. The fraction of sp³-hybridized carbons (Fsp3) is 0.545. The summed E-state index contributed by atoms with van der Waals surface area (Å²) in [7, 11) is -2.78. The van der Waals surface area contributed by atoms with E-state index in [9.17, 15) is 8.42 Å². The molecule has 1 aromatic heterocycles. The molecule has 5 nitrogen and oxygen atoms in total. The van der Waals surface area contributed by atoms with Gasteiger partial charge in [0.15, 0.2) is 9.84 Å². The number of pyridine rings is 1. The van der Waals surface area contributed by atoms with Crippen LogP contribution >= 0.6 is 15.9 Å². The number of nitrogens with one attached hydrogen (secondary N) is 1. The van der Waals surface area contributed by atoms with Crippen molar-refractivity contribution in [1.82, 2.24) is 9.88 Å². The van der Waals surface area contributed by atoms with Crippen LogP contribution in [0.4, 0.5) is 5.82 Å². The van der Waals surface area contributed by atoms with Gasteiger partial charge < -0.3 is 5.32 Å². The Morgan fingerprint density at radius 3 is 2.78 bits per heavy atom. The van der Waals surface area contributed by atoms with Crippen LogP contribution in [0.15, 0.2) is 22.8 Å². The highest BCUT2D eigenvalue weighted by Gasteiger charge is 2.20. The molecule has 0 saturated carbocycles. The minimum Gasteiger partial charge on any atom is -0.369 e. The lowest BCUT2D eigenvalue weighted by Gasteiger charge is -2.26. The van der Waals surface area contributed by atoms with Gasteiger partial charge in [0, 0.05) is 36.8 Å². The van der Waals surface area contributed by atoms with E-state index >= 15 is 0 Å². The normalized spacial score (nSPS) is 19.6. The third-order valence-electron chi connectivity index (χ3n) is 2.89. The van der Waals surface area contributed by atoms with Crippen molar-refractivity contribution < 1.29 is 8.42 Å². The molecule has 2 rings (SSSR count). The van der Waals surface area contributed by atoms with Gasteiger partial charge in [-0.15, -0.1) is 0 Å². The van der Waals surface area contributed by atoms with E-state index in [1.807, 2.05) is 12.1 Å². The highest BCUT2D eigenvalue weighted by molar-refractivity contribution is 9.10. The summed E-state index contributed by atoms with van der Waals surface area (Å²) >= 11 is 3.39. The summed E-state index contributed by atoms with van der Waals surface area (Å²) in [5, 5.41) is 3.22. The maximum Gasteiger partial charge on any atom is 0.152 e. The lowest BCUT2D eigenvalue weighted by Crippen LogP contribution is -2.42. The Morgan fingerprint density at radius 1 is 1.39 bits per heavy atom. The average molecular weight is 334 g/mol. The molecular formula is C11H16BrN3O2S. The van der Waals surface area contributed by atoms with Gasteiger partial charge in [-0.3, -0.25) is 4.90 Å². The minimum atomic E-state index is -2.78. The monoisotopic (exact) mass is 333 g/mol. The Morgan fingerprint density at radius 2 is 2.11 bits per heavy atom. The van der Waals surface area contributed by atoms with Crippen molar-refractivity contribution in [2.75, 3.05) is 43.0 Å². The molecule has 0 bridgehead atoms. The average Bonchev–Trinajstić information content (AvgIpc) is 2.31. The van der Waals surface area contributed by atoms with Gasteiger partial charge in [-0.1, -0.05) is 15.9 Å². The fourth-order valence-corrected chi connectivity index (χ4v) is 3.43. The molecule has 0 radical (unpaired) electrons. The standard InChI is InChI=1S/C11H16BrN3O2S/c12-10-1-2-13-11(9-10)14-3-4-15-5-7-18(16,17)8-6-15/h1-2,9H,3-8H2,(H,13,14). The van der Waals surface area contributed by atoms with Crippen LogP contribution in [0.2, 0.25) is 0 Å². The lowest BCUT2D eigenvalue weighted by atomic mass is 10.4. The minimum absolute atomic E-state index is 0.280. The number of halogens is 1. The number of hydrogen-bond donors (Lipinski definition) is 1. The molecule has 1 aliphatic rings. The molecule has 1 fully saturated rings. The molecule has 100 valence electrons. The zero-order valence-corrected chi connectivity index (χ0v) is 12.4. The molecule has 1 N–H and O–H groups in total. The number of nitrogens with zero attached hydrogens (tertiary/aromatic N) is 2. The third-order valence-corrected chi connectivity index (χ3v) is 5.00. The van der Waals surface area contributed by atoms with E-state index in [4.69, 9.17) is 0 Å². The number of rotatable bonds is 4. The second-order valence-corrected chi connectivity index (χ2v) is 7.50. The van der Waals surface area contributed by atoms with E-state index in [-0.39, 0.29) is 11.5 Å². The molecule has 0 spiro atoms. The van der Waals surface area contributed by atoms with Gasteiger partial charge in [0.05, 0.1) is 11.5 Å². The summed E-state index contributed by atoms with van der Waals surface area (Å²) in [4.78, 5) is 6.35. The Hall–Kier alpha value is -0.660. The van der Waals surface area contributed by atoms with Crippen molar-refractivity contribution in [3.05, 3.63) is 22.8 Å². The van der Waals surface area contributed by atoms with Gasteiger partial charge in [-0.2, -0.15) is 0 Å². The summed E-state index contributed by atoms with van der Waals surface area (Å²) in [5.41, 5.74) is 0. The Balaban J connectivity index is 1.73. The van der Waals surface area contributed by atoms with Gasteiger partial charge >= 0.3 is 0 Å². The molecule has 1 aliphatic heterocycles. The first kappa shape index (κ1) is 13.8. The van der Waals surface area contributed by atoms with Crippen molar-refractivity contribution in [1.29, 1.82) is 0 Å². The van der Waals surface area contributed by atoms with E-state index < -0.39 is 9.84 Å². The number of anilines is 1. The largest absolute Gasteiger partial charge is 0.369 e. The first-order chi connectivity index (χ1) is 8.55. The van der Waals surface area contributed by atoms with Crippen molar-refractivity contribution in [2.45, 2.75) is 0 Å². The molecule has 18 heavy (non-hydrogen) atoms.